The van der Waals surface area contributed by atoms with Crippen molar-refractivity contribution in [2.24, 2.45) is 17.3 Å². The number of ether oxygens (including phenoxy) is 3. The van der Waals surface area contributed by atoms with E-state index in [0.29, 0.717) is 12.8 Å². The summed E-state index contributed by atoms with van der Waals surface area (Å²) < 4.78 is 15.8. The third kappa shape index (κ3) is 2.86. The van der Waals surface area contributed by atoms with Crippen molar-refractivity contribution < 1.29 is 28.6 Å². The van der Waals surface area contributed by atoms with Crippen LogP contribution in [0, 0.1) is 17.3 Å². The smallest absolute Gasteiger partial charge is 0.324 e. The Morgan fingerprint density at radius 2 is 1.83 bits per heavy atom. The Morgan fingerprint density at radius 1 is 1.26 bits per heavy atom. The lowest BCUT2D eigenvalue weighted by Gasteiger charge is -2.48. The number of fused-ring (bicyclic) bond motifs is 1. The molecule has 1 unspecified atom stereocenters. The molecule has 0 aromatic carbocycles. The maximum Gasteiger partial charge on any atom is 0.324 e. The molecule has 23 heavy (non-hydrogen) atoms. The van der Waals surface area contributed by atoms with Gasteiger partial charge in [0.25, 0.3) is 0 Å². The molecule has 0 radical (unpaired) electrons. The van der Waals surface area contributed by atoms with Crippen LogP contribution >= 0.6 is 0 Å². The van der Waals surface area contributed by atoms with Crippen LogP contribution in [0.15, 0.2) is 12.2 Å². The first-order chi connectivity index (χ1) is 10.9. The van der Waals surface area contributed by atoms with E-state index in [4.69, 9.17) is 14.2 Å². The highest BCUT2D eigenvalue weighted by Crippen LogP contribution is 2.51. The van der Waals surface area contributed by atoms with Gasteiger partial charge in [0, 0.05) is 18.3 Å². The summed E-state index contributed by atoms with van der Waals surface area (Å²) in [5.41, 5.74) is -0.760. The third-order valence-corrected chi connectivity index (χ3v) is 4.90. The number of hydrogen-bond donors (Lipinski definition) is 0. The van der Waals surface area contributed by atoms with Gasteiger partial charge in [-0.1, -0.05) is 19.1 Å². The van der Waals surface area contributed by atoms with Crippen LogP contribution in [0.2, 0.25) is 0 Å². The quantitative estimate of drug-likeness (QED) is 0.341. The van der Waals surface area contributed by atoms with Crippen LogP contribution in [0.5, 0.6) is 0 Å². The van der Waals surface area contributed by atoms with Crippen molar-refractivity contribution in [1.29, 1.82) is 0 Å². The molecule has 3 atom stereocenters. The Bertz CT molecular complexity index is 505. The number of rotatable bonds is 4. The summed E-state index contributed by atoms with van der Waals surface area (Å²) >= 11 is 0. The molecule has 0 spiro atoms. The summed E-state index contributed by atoms with van der Waals surface area (Å²) in [6.07, 6.45) is 0.587. The summed E-state index contributed by atoms with van der Waals surface area (Å²) in [6.45, 7) is 9.46. The average Bonchev–Trinajstić information content (AvgIpc) is 2.51. The molecule has 1 aliphatic carbocycles. The number of carbonyl (C=O) groups is 3. The molecule has 1 heterocycles. The van der Waals surface area contributed by atoms with Crippen LogP contribution in [0.1, 0.15) is 40.0 Å². The topological polar surface area (TPSA) is 78.9 Å². The van der Waals surface area contributed by atoms with Gasteiger partial charge in [-0.3, -0.25) is 14.4 Å². The fraction of sp³-hybridized carbons (Fsp3) is 0.706. The van der Waals surface area contributed by atoms with Gasteiger partial charge in [-0.25, -0.2) is 0 Å². The molecule has 0 N–H and O–H groups in total. The van der Waals surface area contributed by atoms with Gasteiger partial charge in [0.05, 0.1) is 13.2 Å². The zero-order valence-corrected chi connectivity index (χ0v) is 13.9. The minimum absolute atomic E-state index is 0.0281. The van der Waals surface area contributed by atoms with Crippen molar-refractivity contribution in [3.8, 4) is 0 Å². The van der Waals surface area contributed by atoms with E-state index in [-0.39, 0.29) is 31.5 Å². The molecule has 0 aromatic heterocycles. The van der Waals surface area contributed by atoms with E-state index < -0.39 is 29.4 Å². The lowest BCUT2D eigenvalue weighted by molar-refractivity contribution is -0.193. The second-order valence-electron chi connectivity index (χ2n) is 6.14. The lowest BCUT2D eigenvalue weighted by Crippen LogP contribution is -2.57. The average molecular weight is 324 g/mol. The minimum atomic E-state index is -1.50. The summed E-state index contributed by atoms with van der Waals surface area (Å²) in [6, 6.07) is 0. The molecule has 128 valence electrons. The molecule has 2 aliphatic rings. The van der Waals surface area contributed by atoms with Gasteiger partial charge in [-0.15, -0.1) is 0 Å². The van der Waals surface area contributed by atoms with Crippen molar-refractivity contribution >= 4 is 17.9 Å². The molecule has 0 bridgehead atoms. The second-order valence-corrected chi connectivity index (χ2v) is 6.14. The molecular formula is C17H24O6. The van der Waals surface area contributed by atoms with E-state index >= 15 is 0 Å². The molecule has 1 saturated carbocycles. The fourth-order valence-electron chi connectivity index (χ4n) is 3.67. The molecule has 2 rings (SSSR count). The Kier molecular flexibility index (Phi) is 5.12. The van der Waals surface area contributed by atoms with E-state index in [0.717, 1.165) is 5.57 Å². The Labute approximate surface area is 136 Å². The van der Waals surface area contributed by atoms with Crippen LogP contribution in [0.3, 0.4) is 0 Å². The van der Waals surface area contributed by atoms with Crippen LogP contribution in [0.4, 0.5) is 0 Å². The molecular weight excluding hydrogens is 300 g/mol. The van der Waals surface area contributed by atoms with E-state index in [1.54, 1.807) is 20.8 Å². The number of carbonyl (C=O) groups excluding carboxylic acids is 3. The zero-order valence-electron chi connectivity index (χ0n) is 13.9. The zero-order chi connectivity index (χ0) is 17.2. The van der Waals surface area contributed by atoms with Crippen molar-refractivity contribution in [2.75, 3.05) is 13.2 Å². The summed E-state index contributed by atoms with van der Waals surface area (Å²) in [5, 5.41) is 0. The molecule has 1 saturated heterocycles. The van der Waals surface area contributed by atoms with Crippen LogP contribution in [-0.4, -0.2) is 37.2 Å². The first-order valence-electron chi connectivity index (χ1n) is 8.10. The van der Waals surface area contributed by atoms with Crippen LogP contribution in [-0.2, 0) is 28.6 Å². The molecule has 6 nitrogen and oxygen atoms in total. The van der Waals surface area contributed by atoms with Gasteiger partial charge < -0.3 is 14.2 Å². The highest BCUT2D eigenvalue weighted by atomic mass is 16.6. The molecule has 1 aliphatic heterocycles. The van der Waals surface area contributed by atoms with E-state index in [2.05, 4.69) is 6.58 Å². The monoisotopic (exact) mass is 324 g/mol. The first-order valence-corrected chi connectivity index (χ1v) is 8.10. The van der Waals surface area contributed by atoms with Crippen molar-refractivity contribution in [1.82, 2.24) is 0 Å². The second kappa shape index (κ2) is 6.72. The van der Waals surface area contributed by atoms with Crippen LogP contribution in [0.25, 0.3) is 0 Å². The standard InChI is InChI=1S/C17H24O6/c1-5-21-15(19)17(16(20)22-6-2)9-10(3)12-7-8-13(18)23-14(12)11(17)4/h11-12,14H,3,5-9H2,1-2,4H3/t11-,12-,14?/m1/s1. The van der Waals surface area contributed by atoms with Gasteiger partial charge in [0.2, 0.25) is 0 Å². The van der Waals surface area contributed by atoms with Gasteiger partial charge in [0.15, 0.2) is 5.41 Å². The van der Waals surface area contributed by atoms with Gasteiger partial charge in [-0.2, -0.15) is 0 Å². The normalized spacial score (nSPS) is 29.3. The van der Waals surface area contributed by atoms with Gasteiger partial charge in [-0.05, 0) is 26.7 Å². The van der Waals surface area contributed by atoms with Crippen molar-refractivity contribution in [3.63, 3.8) is 0 Å². The molecule has 0 amide bonds. The Balaban J connectivity index is 2.44. The number of hydrogen-bond acceptors (Lipinski definition) is 6. The maximum absolute atomic E-state index is 12.6. The van der Waals surface area contributed by atoms with E-state index in [1.807, 2.05) is 0 Å². The van der Waals surface area contributed by atoms with Gasteiger partial charge >= 0.3 is 17.9 Å². The largest absolute Gasteiger partial charge is 0.465 e. The SMILES string of the molecule is C=C1CC(C(=O)OCC)(C(=O)OCC)[C@H](C)C2OC(=O)CC[C@H]12. The number of esters is 3. The highest BCUT2D eigenvalue weighted by molar-refractivity contribution is 6.01. The van der Waals surface area contributed by atoms with Crippen molar-refractivity contribution in [2.45, 2.75) is 46.1 Å². The van der Waals surface area contributed by atoms with Gasteiger partial charge in [0.1, 0.15) is 6.10 Å². The molecule has 0 aromatic rings. The predicted octanol–water partition coefficient (Wildman–Crippen LogP) is 2.02. The summed E-state index contributed by atoms with van der Waals surface area (Å²) in [7, 11) is 0. The summed E-state index contributed by atoms with van der Waals surface area (Å²) in [5.74, 6) is -2.13. The van der Waals surface area contributed by atoms with Crippen LogP contribution < -0.4 is 0 Å². The fourth-order valence-corrected chi connectivity index (χ4v) is 3.67. The highest BCUT2D eigenvalue weighted by Gasteiger charge is 2.61. The molecule has 2 fully saturated rings. The minimum Gasteiger partial charge on any atom is -0.465 e. The first kappa shape index (κ1) is 17.5. The maximum atomic E-state index is 12.6. The predicted molar refractivity (Wildman–Crippen MR) is 81.2 cm³/mol. The van der Waals surface area contributed by atoms with E-state index in [9.17, 15) is 14.4 Å². The third-order valence-electron chi connectivity index (χ3n) is 4.90. The lowest BCUT2D eigenvalue weighted by atomic mass is 9.59. The van der Waals surface area contributed by atoms with Crippen molar-refractivity contribution in [3.05, 3.63) is 12.2 Å². The van der Waals surface area contributed by atoms with E-state index in [1.165, 1.54) is 0 Å². The summed E-state index contributed by atoms with van der Waals surface area (Å²) in [4.78, 5) is 37.0. The molecule has 6 heteroatoms. The Hall–Kier alpha value is -1.85. The Morgan fingerprint density at radius 3 is 2.35 bits per heavy atom.